The Labute approximate surface area is 68.1 Å². The van der Waals surface area contributed by atoms with Crippen molar-refractivity contribution in [3.05, 3.63) is 0 Å². The summed E-state index contributed by atoms with van der Waals surface area (Å²) in [5, 5.41) is 0. The number of aliphatic imine (C=N–C) groups is 1. The van der Waals surface area contributed by atoms with Crippen molar-refractivity contribution >= 4 is 11.6 Å². The highest BCUT2D eigenvalue weighted by atomic mass is 16.2. The molecule has 0 aliphatic carbocycles. The van der Waals surface area contributed by atoms with E-state index in [0.717, 1.165) is 12.1 Å². The Morgan fingerprint density at radius 2 is 1.91 bits per heavy atom. The fraction of sp³-hybridized carbons (Fsp3) is 0.750. The Morgan fingerprint density at radius 1 is 1.36 bits per heavy atom. The van der Waals surface area contributed by atoms with Crippen LogP contribution in [0, 0.1) is 0 Å². The number of nitrogens with zero attached hydrogens (tertiary/aromatic N) is 2. The van der Waals surface area contributed by atoms with Crippen LogP contribution in [0.15, 0.2) is 4.99 Å². The first-order chi connectivity index (χ1) is 5.07. The summed E-state index contributed by atoms with van der Waals surface area (Å²) in [4.78, 5) is 16.6. The van der Waals surface area contributed by atoms with Crippen molar-refractivity contribution in [3.63, 3.8) is 0 Å². The van der Waals surface area contributed by atoms with Crippen LogP contribution in [0.2, 0.25) is 0 Å². The van der Waals surface area contributed by atoms with Crippen LogP contribution in [0.25, 0.3) is 0 Å². The van der Waals surface area contributed by atoms with E-state index in [1.165, 1.54) is 0 Å². The maximum absolute atomic E-state index is 11.0. The topological polar surface area (TPSA) is 32.7 Å². The van der Waals surface area contributed by atoms with Crippen molar-refractivity contribution in [1.29, 1.82) is 0 Å². The normalized spacial score (nSPS) is 11.5. The number of carbonyl (C=O) groups is 1. The summed E-state index contributed by atoms with van der Waals surface area (Å²) in [7, 11) is 5.27. The average Bonchev–Trinajstić information content (AvgIpc) is 1.99. The third kappa shape index (κ3) is 4.53. The summed E-state index contributed by atoms with van der Waals surface area (Å²) in [6, 6.07) is 0. The summed E-state index contributed by atoms with van der Waals surface area (Å²) >= 11 is 0. The minimum absolute atomic E-state index is 0.160. The van der Waals surface area contributed by atoms with Gasteiger partial charge in [0.25, 0.3) is 0 Å². The molecule has 0 aromatic heterocycles. The molecule has 0 atom stereocenters. The van der Waals surface area contributed by atoms with Crippen molar-refractivity contribution in [3.8, 4) is 0 Å². The first-order valence-corrected chi connectivity index (χ1v) is 3.70. The highest BCUT2D eigenvalue weighted by Gasteiger charge is 2.03. The Bertz CT molecular complexity index is 161. The van der Waals surface area contributed by atoms with Crippen LogP contribution in [0.5, 0.6) is 0 Å². The summed E-state index contributed by atoms with van der Waals surface area (Å²) in [6.07, 6.45) is 1.34. The average molecular weight is 156 g/mol. The Hall–Kier alpha value is -0.860. The molecule has 1 amide bonds. The Kier molecular flexibility index (Phi) is 4.50. The van der Waals surface area contributed by atoms with Crippen LogP contribution in [0.1, 0.15) is 19.8 Å². The fourth-order valence-corrected chi connectivity index (χ4v) is 0.623. The first kappa shape index (κ1) is 10.1. The van der Waals surface area contributed by atoms with E-state index in [1.807, 2.05) is 6.92 Å². The quantitative estimate of drug-likeness (QED) is 0.560. The van der Waals surface area contributed by atoms with Crippen molar-refractivity contribution in [2.45, 2.75) is 19.8 Å². The lowest BCUT2D eigenvalue weighted by atomic mass is 10.2. The molecule has 0 unspecified atom stereocenters. The molecule has 0 aliphatic rings. The van der Waals surface area contributed by atoms with Crippen LogP contribution in [0.3, 0.4) is 0 Å². The Balaban J connectivity index is 3.63. The van der Waals surface area contributed by atoms with Gasteiger partial charge in [-0.2, -0.15) is 0 Å². The standard InChI is InChI=1S/C8H16N2O/c1-7(9-2)5-6-8(11)10(3)4/h5-6H2,1-4H3. The van der Waals surface area contributed by atoms with Crippen molar-refractivity contribution in [2.24, 2.45) is 4.99 Å². The van der Waals surface area contributed by atoms with Crippen molar-refractivity contribution < 1.29 is 4.79 Å². The lowest BCUT2D eigenvalue weighted by Gasteiger charge is -2.08. The zero-order valence-electron chi connectivity index (χ0n) is 7.72. The SMILES string of the molecule is CN=C(C)CCC(=O)N(C)C. The minimum atomic E-state index is 0.160. The van der Waals surface area contributed by atoms with Gasteiger partial charge in [-0.05, 0) is 13.3 Å². The molecule has 0 fully saturated rings. The first-order valence-electron chi connectivity index (χ1n) is 3.70. The van der Waals surface area contributed by atoms with E-state index < -0.39 is 0 Å². The van der Waals surface area contributed by atoms with Crippen LogP contribution in [-0.4, -0.2) is 37.7 Å². The molecular formula is C8H16N2O. The third-order valence-corrected chi connectivity index (χ3v) is 1.58. The molecule has 64 valence electrons. The van der Waals surface area contributed by atoms with Gasteiger partial charge in [0.05, 0.1) is 0 Å². The molecule has 0 spiro atoms. The molecular weight excluding hydrogens is 140 g/mol. The second-order valence-corrected chi connectivity index (χ2v) is 2.75. The number of amides is 1. The van der Waals surface area contributed by atoms with E-state index in [0.29, 0.717) is 6.42 Å². The van der Waals surface area contributed by atoms with Gasteiger partial charge in [-0.15, -0.1) is 0 Å². The third-order valence-electron chi connectivity index (χ3n) is 1.58. The molecule has 0 radical (unpaired) electrons. The van der Waals surface area contributed by atoms with Crippen LogP contribution >= 0.6 is 0 Å². The molecule has 3 heteroatoms. The van der Waals surface area contributed by atoms with E-state index in [-0.39, 0.29) is 5.91 Å². The molecule has 0 aromatic carbocycles. The second kappa shape index (κ2) is 4.88. The lowest BCUT2D eigenvalue weighted by molar-refractivity contribution is -0.128. The molecule has 0 aliphatic heterocycles. The molecule has 0 rings (SSSR count). The van der Waals surface area contributed by atoms with Crippen molar-refractivity contribution in [2.75, 3.05) is 21.1 Å². The van der Waals surface area contributed by atoms with E-state index in [2.05, 4.69) is 4.99 Å². The molecule has 0 heterocycles. The van der Waals surface area contributed by atoms with Gasteiger partial charge < -0.3 is 4.90 Å². The summed E-state index contributed by atoms with van der Waals surface area (Å²) in [5.74, 6) is 0.160. The number of carbonyl (C=O) groups excluding carboxylic acids is 1. The van der Waals surface area contributed by atoms with Crippen molar-refractivity contribution in [1.82, 2.24) is 4.90 Å². The summed E-state index contributed by atoms with van der Waals surface area (Å²) in [5.41, 5.74) is 1.03. The smallest absolute Gasteiger partial charge is 0.222 e. The minimum Gasteiger partial charge on any atom is -0.349 e. The molecule has 11 heavy (non-hydrogen) atoms. The highest BCUT2D eigenvalue weighted by Crippen LogP contribution is 1.95. The zero-order valence-corrected chi connectivity index (χ0v) is 7.72. The van der Waals surface area contributed by atoms with Gasteiger partial charge in [-0.1, -0.05) is 0 Å². The van der Waals surface area contributed by atoms with Gasteiger partial charge in [0.15, 0.2) is 0 Å². The number of hydrogen-bond donors (Lipinski definition) is 0. The molecule has 0 saturated heterocycles. The molecule has 0 saturated carbocycles. The second-order valence-electron chi connectivity index (χ2n) is 2.75. The summed E-state index contributed by atoms with van der Waals surface area (Å²) < 4.78 is 0. The van der Waals surface area contributed by atoms with Gasteiger partial charge in [0.2, 0.25) is 5.91 Å². The molecule has 0 N–H and O–H groups in total. The zero-order chi connectivity index (χ0) is 8.85. The van der Waals surface area contributed by atoms with Gasteiger partial charge in [0.1, 0.15) is 0 Å². The highest BCUT2D eigenvalue weighted by molar-refractivity contribution is 5.86. The number of rotatable bonds is 3. The lowest BCUT2D eigenvalue weighted by Crippen LogP contribution is -2.21. The predicted molar refractivity (Wildman–Crippen MR) is 47.0 cm³/mol. The maximum Gasteiger partial charge on any atom is 0.222 e. The maximum atomic E-state index is 11.0. The van der Waals surface area contributed by atoms with Crippen LogP contribution in [-0.2, 0) is 4.79 Å². The van der Waals surface area contributed by atoms with Gasteiger partial charge in [-0.25, -0.2) is 0 Å². The van der Waals surface area contributed by atoms with Gasteiger partial charge in [-0.3, -0.25) is 9.79 Å². The van der Waals surface area contributed by atoms with E-state index in [9.17, 15) is 4.79 Å². The van der Waals surface area contributed by atoms with Crippen LogP contribution in [0.4, 0.5) is 0 Å². The Morgan fingerprint density at radius 3 is 2.27 bits per heavy atom. The molecule has 3 nitrogen and oxygen atoms in total. The van der Waals surface area contributed by atoms with Gasteiger partial charge in [0, 0.05) is 33.3 Å². The summed E-state index contributed by atoms with van der Waals surface area (Å²) in [6.45, 7) is 1.93. The predicted octanol–water partition coefficient (Wildman–Crippen LogP) is 0.946. The largest absolute Gasteiger partial charge is 0.349 e. The molecule has 0 aromatic rings. The van der Waals surface area contributed by atoms with Crippen LogP contribution < -0.4 is 0 Å². The molecule has 0 bridgehead atoms. The van der Waals surface area contributed by atoms with E-state index in [4.69, 9.17) is 0 Å². The fourth-order valence-electron chi connectivity index (χ4n) is 0.623. The monoisotopic (exact) mass is 156 g/mol. The van der Waals surface area contributed by atoms with Gasteiger partial charge >= 0.3 is 0 Å². The van der Waals surface area contributed by atoms with E-state index in [1.54, 1.807) is 26.0 Å². The number of hydrogen-bond acceptors (Lipinski definition) is 2. The van der Waals surface area contributed by atoms with E-state index >= 15 is 0 Å².